The maximum Gasteiger partial charge on any atom is 0.472 e. The molecule has 0 amide bonds. The van der Waals surface area contributed by atoms with Crippen LogP contribution in [0.15, 0.2) is 12.2 Å². The van der Waals surface area contributed by atoms with E-state index in [9.17, 15) is 74.6 Å². The number of esters is 4. The number of ether oxygens (including phenoxy) is 8. The second-order valence-electron chi connectivity index (χ2n) is 36.5. The van der Waals surface area contributed by atoms with Crippen molar-refractivity contribution in [1.29, 1.82) is 0 Å². The van der Waals surface area contributed by atoms with Crippen molar-refractivity contribution < 1.29 is 122 Å². The van der Waals surface area contributed by atoms with Crippen LogP contribution in [-0.4, -0.2) is 205 Å². The summed E-state index contributed by atoms with van der Waals surface area (Å²) in [5, 5.41) is 103. The van der Waals surface area contributed by atoms with Crippen LogP contribution in [0, 0.1) is 17.8 Å². The van der Waals surface area contributed by atoms with E-state index < -0.39 is 162 Å². The maximum absolute atomic E-state index is 15.0. The molecule has 3 rings (SSSR count). The second kappa shape index (κ2) is 72.0. The lowest BCUT2D eigenvalue weighted by molar-refractivity contribution is -0.360. The molecule has 1 saturated carbocycles. The monoisotopic (exact) mass is 1760 g/mol. The summed E-state index contributed by atoms with van der Waals surface area (Å²) < 4.78 is 73.7. The van der Waals surface area contributed by atoms with Crippen LogP contribution in [0.4, 0.5) is 0 Å². The third-order valence-corrected chi connectivity index (χ3v) is 25.9. The number of aliphatic hydroxyl groups is 9. The molecule has 3 aliphatic rings. The predicted octanol–water partition coefficient (Wildman–Crippen LogP) is 19.1. The van der Waals surface area contributed by atoms with Crippen molar-refractivity contribution in [3.05, 3.63) is 12.2 Å². The van der Waals surface area contributed by atoms with Gasteiger partial charge in [0.2, 0.25) is 0 Å². The lowest BCUT2D eigenvalue weighted by Crippen LogP contribution is -2.70. The number of unbranched alkanes of at least 4 members (excludes halogenated alkanes) is 41. The summed E-state index contributed by atoms with van der Waals surface area (Å²) in [5.41, 5.74) is 0. The van der Waals surface area contributed by atoms with Crippen molar-refractivity contribution in [3.8, 4) is 0 Å². The second-order valence-corrected chi connectivity index (χ2v) is 37.9. The lowest BCUT2D eigenvalue weighted by Gasteiger charge is -2.50. The maximum atomic E-state index is 15.0. The highest BCUT2D eigenvalue weighted by Crippen LogP contribution is 2.49. The van der Waals surface area contributed by atoms with E-state index in [1.807, 2.05) is 0 Å². The normalized spacial score (nSPS) is 25.3. The molecule has 10 N–H and O–H groups in total. The van der Waals surface area contributed by atoms with Crippen molar-refractivity contribution in [2.75, 3.05) is 26.4 Å². The highest BCUT2D eigenvalue weighted by molar-refractivity contribution is 7.47. The Hall–Kier alpha value is -2.79. The van der Waals surface area contributed by atoms with Gasteiger partial charge >= 0.3 is 31.7 Å². The minimum atomic E-state index is -5.82. The first kappa shape index (κ1) is 113. The van der Waals surface area contributed by atoms with E-state index in [0.717, 1.165) is 148 Å². The molecule has 26 heteroatoms. The highest BCUT2D eigenvalue weighted by atomic mass is 31.2. The summed E-state index contributed by atoms with van der Waals surface area (Å²) in [4.78, 5) is 66.8. The number of phosphoric acid groups is 1. The van der Waals surface area contributed by atoms with E-state index in [2.05, 4.69) is 60.6 Å². The SMILES string of the molecule is CCCCCC/C=C\CCCCCCCCCC(=O)OCC(COP(=O)(O)OC1C(OC2OC(CO)C(O)C(O)C2O)C(O)C(O)C(OC(=O)CCCCCCCCC(C)CCCCCCCC)C1OC1OC(COC(=O)CCCCCCCCC(C)CCCCCCCC)C(O)C(O)C1O)OC(=O)CCCCCCCCC(C)CCCCCCCC. The third kappa shape index (κ3) is 52.2. The molecule has 0 aromatic carbocycles. The van der Waals surface area contributed by atoms with Crippen molar-refractivity contribution >= 4 is 31.7 Å². The van der Waals surface area contributed by atoms with Gasteiger partial charge in [0, 0.05) is 25.7 Å². The topological polar surface area (TPSA) is 380 Å². The molecule has 2 heterocycles. The Morgan fingerprint density at radius 2 is 0.664 bits per heavy atom. The fourth-order valence-corrected chi connectivity index (χ4v) is 17.8. The average Bonchev–Trinajstić information content (AvgIpc) is 0.753. The van der Waals surface area contributed by atoms with Crippen molar-refractivity contribution in [2.45, 2.75) is 531 Å². The Morgan fingerprint density at radius 3 is 1.07 bits per heavy atom. The summed E-state index contributed by atoms with van der Waals surface area (Å²) >= 11 is 0. The van der Waals surface area contributed by atoms with E-state index in [1.54, 1.807) is 0 Å². The minimum Gasteiger partial charge on any atom is -0.463 e. The fraction of sp³-hybridized carbons (Fsp3) is 0.938. The van der Waals surface area contributed by atoms with Crippen LogP contribution >= 0.6 is 7.82 Å². The Balaban J connectivity index is 1.93. The molecule has 122 heavy (non-hydrogen) atoms. The van der Waals surface area contributed by atoms with E-state index >= 15 is 0 Å². The van der Waals surface area contributed by atoms with Gasteiger partial charge in [-0.1, -0.05) is 362 Å². The number of carbonyl (C=O) groups excluding carboxylic acids is 4. The molecule has 21 atom stereocenters. The van der Waals surface area contributed by atoms with Crippen molar-refractivity contribution in [1.82, 2.24) is 0 Å². The van der Waals surface area contributed by atoms with Gasteiger partial charge in [-0.25, -0.2) is 4.57 Å². The summed E-state index contributed by atoms with van der Waals surface area (Å²) in [7, 11) is -5.82. The number of rotatable bonds is 79. The Morgan fingerprint density at radius 1 is 0.344 bits per heavy atom. The highest BCUT2D eigenvalue weighted by Gasteiger charge is 2.60. The van der Waals surface area contributed by atoms with E-state index in [-0.39, 0.29) is 25.7 Å². The van der Waals surface area contributed by atoms with Crippen LogP contribution in [0.2, 0.25) is 0 Å². The summed E-state index contributed by atoms with van der Waals surface area (Å²) in [6.07, 6.45) is 27.7. The van der Waals surface area contributed by atoms with E-state index in [1.165, 1.54) is 173 Å². The van der Waals surface area contributed by atoms with Gasteiger partial charge in [-0.3, -0.25) is 28.2 Å². The molecule has 25 nitrogen and oxygen atoms in total. The summed E-state index contributed by atoms with van der Waals surface area (Å²) in [6.45, 7) is 12.6. The molecular formula is C96H179O25P. The smallest absolute Gasteiger partial charge is 0.463 e. The Bertz CT molecular complexity index is 2620. The van der Waals surface area contributed by atoms with Gasteiger partial charge in [0.15, 0.2) is 24.8 Å². The molecule has 3 fully saturated rings. The van der Waals surface area contributed by atoms with Gasteiger partial charge in [0.25, 0.3) is 0 Å². The number of allylic oxidation sites excluding steroid dienone is 2. The van der Waals surface area contributed by atoms with Gasteiger partial charge in [-0.2, -0.15) is 0 Å². The first-order valence-corrected chi connectivity index (χ1v) is 51.1. The standard InChI is InChI=1S/C96H179O25P/c1-8-12-16-20-24-25-26-27-28-29-30-31-32-45-55-65-79(98)112-70-76(115-81(100)67-57-47-37-34-43-53-63-74(6)60-50-40-22-18-14-10-3)71-114-122(110,111)121-94-92(119-95-89(108)85(104)83(102)77(69-97)116-95)88(107)87(106)91(118-82(101)68-58-48-38-35-44-54-64-75(7)61-51-41-23-19-15-11-4)93(94)120-96-90(109)86(105)84(103)78(117-96)72-113-80(99)66-56-46-36-33-42-52-62-73(5)59-49-39-21-17-13-9-2/h25-26,73-78,83-97,102-109H,8-24,27-72H2,1-7H3,(H,110,111)/b26-25-. The first-order valence-electron chi connectivity index (χ1n) is 49.6. The van der Waals surface area contributed by atoms with Crippen LogP contribution in [0.5, 0.6) is 0 Å². The molecule has 0 radical (unpaired) electrons. The molecule has 718 valence electrons. The van der Waals surface area contributed by atoms with Crippen LogP contribution in [0.3, 0.4) is 0 Å². The molecule has 0 aromatic rings. The average molecular weight is 1760 g/mol. The lowest BCUT2D eigenvalue weighted by atomic mass is 9.84. The number of hydrogen-bond donors (Lipinski definition) is 10. The quantitative estimate of drug-likeness (QED) is 0.00889. The Kier molecular flexibility index (Phi) is 66.9. The van der Waals surface area contributed by atoms with E-state index in [0.29, 0.717) is 49.9 Å². The first-order chi connectivity index (χ1) is 58.9. The van der Waals surface area contributed by atoms with Crippen molar-refractivity contribution in [3.63, 3.8) is 0 Å². The van der Waals surface area contributed by atoms with Gasteiger partial charge < -0.3 is 88.7 Å². The number of phosphoric ester groups is 1. The predicted molar refractivity (Wildman–Crippen MR) is 476 cm³/mol. The molecule has 21 unspecified atom stereocenters. The van der Waals surface area contributed by atoms with Gasteiger partial charge in [0.1, 0.15) is 92.6 Å². The van der Waals surface area contributed by atoms with Gasteiger partial charge in [-0.05, 0) is 69.1 Å². The fourth-order valence-electron chi connectivity index (χ4n) is 16.8. The van der Waals surface area contributed by atoms with Gasteiger partial charge in [0.05, 0.1) is 13.2 Å². The molecular weight excluding hydrogens is 1580 g/mol. The zero-order chi connectivity index (χ0) is 89.4. The summed E-state index contributed by atoms with van der Waals surface area (Å²) in [6, 6.07) is 0. The van der Waals surface area contributed by atoms with Crippen LogP contribution in [0.25, 0.3) is 0 Å². The zero-order valence-corrected chi connectivity index (χ0v) is 78.2. The van der Waals surface area contributed by atoms with Gasteiger partial charge in [-0.15, -0.1) is 0 Å². The van der Waals surface area contributed by atoms with Crippen LogP contribution in [-0.2, 0) is 70.7 Å². The van der Waals surface area contributed by atoms with Crippen LogP contribution < -0.4 is 0 Å². The molecule has 2 aliphatic heterocycles. The third-order valence-electron chi connectivity index (χ3n) is 25.0. The number of carbonyl (C=O) groups is 4. The molecule has 1 aliphatic carbocycles. The van der Waals surface area contributed by atoms with Crippen LogP contribution in [0.1, 0.15) is 427 Å². The molecule has 0 spiro atoms. The van der Waals surface area contributed by atoms with E-state index in [4.69, 9.17) is 46.9 Å². The molecule has 2 saturated heterocycles. The number of aliphatic hydroxyl groups excluding tert-OH is 9. The summed E-state index contributed by atoms with van der Waals surface area (Å²) in [5.74, 6) is -0.982. The Labute approximate surface area is 737 Å². The zero-order valence-electron chi connectivity index (χ0n) is 77.3. The van der Waals surface area contributed by atoms with Crippen molar-refractivity contribution in [2.24, 2.45) is 17.8 Å². The molecule has 0 aromatic heterocycles. The number of hydrogen-bond acceptors (Lipinski definition) is 24. The largest absolute Gasteiger partial charge is 0.472 e. The minimum absolute atomic E-state index is 0.0151. The molecule has 0 bridgehead atoms.